The average molecular weight is 475 g/mol. The summed E-state index contributed by atoms with van der Waals surface area (Å²) in [5, 5.41) is 12.7. The molecule has 2 heterocycles. The zero-order valence-electron chi connectivity index (χ0n) is 17.3. The number of aryl methyl sites for hydroxylation is 1. The number of fused-ring (bicyclic) bond motifs is 1. The van der Waals surface area contributed by atoms with Gasteiger partial charge in [-0.15, -0.1) is 0 Å². The first-order valence-electron chi connectivity index (χ1n) is 9.99. The maximum Gasteiger partial charge on any atom is 0.292 e. The smallest absolute Gasteiger partial charge is 0.292 e. The van der Waals surface area contributed by atoms with Crippen LogP contribution in [0.4, 0.5) is 11.4 Å². The zero-order valence-corrected chi connectivity index (χ0v) is 18.8. The molecule has 1 aliphatic heterocycles. The number of nitro groups is 1. The Bertz CT molecular complexity index is 1200. The largest absolute Gasteiger partial charge is 0.480 e. The predicted octanol–water partition coefficient (Wildman–Crippen LogP) is 4.49. The SMILES string of the molecule is Cc1ccc2c(Cl)cc(Cl)c(OCC(=O)N3CCN(c4ccccc4[N+](=O)[O-])CC3)c2n1. The van der Waals surface area contributed by atoms with Gasteiger partial charge in [0, 0.05) is 43.3 Å². The molecule has 3 aromatic rings. The molecule has 10 heteroatoms. The van der Waals surface area contributed by atoms with Crippen LogP contribution in [0.3, 0.4) is 0 Å². The summed E-state index contributed by atoms with van der Waals surface area (Å²) in [6.45, 7) is 3.49. The molecule has 8 nitrogen and oxygen atoms in total. The Hall–Kier alpha value is -3.10. The van der Waals surface area contributed by atoms with Gasteiger partial charge in [-0.1, -0.05) is 35.3 Å². The van der Waals surface area contributed by atoms with Crippen LogP contribution in [-0.4, -0.2) is 53.5 Å². The van der Waals surface area contributed by atoms with Crippen LogP contribution in [0.5, 0.6) is 5.75 Å². The number of rotatable bonds is 5. The minimum absolute atomic E-state index is 0.0580. The second-order valence-electron chi connectivity index (χ2n) is 7.42. The first kappa shape index (κ1) is 22.1. The van der Waals surface area contributed by atoms with Crippen LogP contribution in [0, 0.1) is 17.0 Å². The Morgan fingerprint density at radius 1 is 1.12 bits per heavy atom. The standard InChI is InChI=1S/C22H20Cl2N4O4/c1-14-6-7-15-16(23)12-17(24)22(21(15)25-14)32-13-20(29)27-10-8-26(9-11-27)18-4-2-3-5-19(18)28(30)31/h2-7,12H,8-11,13H2,1H3. The number of carbonyl (C=O) groups excluding carboxylic acids is 1. The van der Waals surface area contributed by atoms with E-state index in [1.165, 1.54) is 6.07 Å². The number of pyridine rings is 1. The van der Waals surface area contributed by atoms with E-state index in [9.17, 15) is 14.9 Å². The molecule has 1 saturated heterocycles. The molecular weight excluding hydrogens is 455 g/mol. The summed E-state index contributed by atoms with van der Waals surface area (Å²) >= 11 is 12.6. The minimum atomic E-state index is -0.392. The van der Waals surface area contributed by atoms with Crippen molar-refractivity contribution in [3.05, 3.63) is 68.3 Å². The Labute approximate surface area is 194 Å². The number of para-hydroxylation sites is 2. The van der Waals surface area contributed by atoms with E-state index < -0.39 is 4.92 Å². The van der Waals surface area contributed by atoms with Gasteiger partial charge in [0.25, 0.3) is 11.6 Å². The van der Waals surface area contributed by atoms with E-state index in [-0.39, 0.29) is 23.2 Å². The Kier molecular flexibility index (Phi) is 6.34. The summed E-state index contributed by atoms with van der Waals surface area (Å²) in [5.41, 5.74) is 1.90. The number of anilines is 1. The van der Waals surface area contributed by atoms with Crippen molar-refractivity contribution in [2.75, 3.05) is 37.7 Å². The lowest BCUT2D eigenvalue weighted by Crippen LogP contribution is -2.50. The van der Waals surface area contributed by atoms with Gasteiger partial charge >= 0.3 is 0 Å². The fraction of sp³-hybridized carbons (Fsp3) is 0.273. The van der Waals surface area contributed by atoms with E-state index in [0.717, 1.165) is 5.69 Å². The third-order valence-corrected chi connectivity index (χ3v) is 5.96. The first-order chi connectivity index (χ1) is 15.3. The number of benzene rings is 2. The highest BCUT2D eigenvalue weighted by Crippen LogP contribution is 2.37. The molecule has 0 N–H and O–H groups in total. The molecule has 0 bridgehead atoms. The van der Waals surface area contributed by atoms with Gasteiger partial charge in [0.1, 0.15) is 11.2 Å². The van der Waals surface area contributed by atoms with Crippen molar-refractivity contribution in [2.45, 2.75) is 6.92 Å². The van der Waals surface area contributed by atoms with E-state index in [2.05, 4.69) is 4.98 Å². The number of hydrogen-bond acceptors (Lipinski definition) is 6. The third kappa shape index (κ3) is 4.42. The van der Waals surface area contributed by atoms with Crippen LogP contribution in [0.1, 0.15) is 5.69 Å². The van der Waals surface area contributed by atoms with Crippen molar-refractivity contribution in [1.29, 1.82) is 0 Å². The monoisotopic (exact) mass is 474 g/mol. The van der Waals surface area contributed by atoms with Crippen molar-refractivity contribution in [3.8, 4) is 5.75 Å². The molecule has 0 aliphatic carbocycles. The topological polar surface area (TPSA) is 88.8 Å². The molecule has 0 saturated carbocycles. The van der Waals surface area contributed by atoms with Crippen molar-refractivity contribution >= 4 is 51.4 Å². The number of nitro benzene ring substituents is 1. The Morgan fingerprint density at radius 2 is 1.84 bits per heavy atom. The van der Waals surface area contributed by atoms with Gasteiger partial charge < -0.3 is 14.5 Å². The molecule has 4 rings (SSSR count). The van der Waals surface area contributed by atoms with Gasteiger partial charge in [0.15, 0.2) is 12.4 Å². The minimum Gasteiger partial charge on any atom is -0.480 e. The normalized spacial score (nSPS) is 14.0. The van der Waals surface area contributed by atoms with Gasteiger partial charge in [-0.25, -0.2) is 4.98 Å². The lowest BCUT2D eigenvalue weighted by atomic mass is 10.2. The van der Waals surface area contributed by atoms with Crippen LogP contribution in [0.2, 0.25) is 10.0 Å². The lowest BCUT2D eigenvalue weighted by Gasteiger charge is -2.35. The fourth-order valence-corrected chi connectivity index (χ4v) is 4.31. The van der Waals surface area contributed by atoms with Crippen molar-refractivity contribution in [2.24, 2.45) is 0 Å². The Morgan fingerprint density at radius 3 is 2.56 bits per heavy atom. The van der Waals surface area contributed by atoms with E-state index in [1.54, 1.807) is 29.2 Å². The number of nitrogens with zero attached hydrogens (tertiary/aromatic N) is 4. The van der Waals surface area contributed by atoms with E-state index >= 15 is 0 Å². The van der Waals surface area contributed by atoms with Gasteiger partial charge in [-0.05, 0) is 31.2 Å². The second kappa shape index (κ2) is 9.18. The van der Waals surface area contributed by atoms with Gasteiger partial charge in [-0.3, -0.25) is 14.9 Å². The molecule has 0 spiro atoms. The number of piperazine rings is 1. The van der Waals surface area contributed by atoms with Crippen LogP contribution >= 0.6 is 23.2 Å². The summed E-state index contributed by atoms with van der Waals surface area (Å²) in [4.78, 5) is 31.7. The molecule has 1 amide bonds. The van der Waals surface area contributed by atoms with Crippen LogP contribution < -0.4 is 9.64 Å². The van der Waals surface area contributed by atoms with Gasteiger partial charge in [0.2, 0.25) is 0 Å². The maximum atomic E-state index is 12.8. The molecule has 1 aromatic heterocycles. The maximum absolute atomic E-state index is 12.8. The zero-order chi connectivity index (χ0) is 22.8. The quantitative estimate of drug-likeness (QED) is 0.399. The number of hydrogen-bond donors (Lipinski definition) is 0. The highest BCUT2D eigenvalue weighted by Gasteiger charge is 2.26. The molecule has 0 radical (unpaired) electrons. The van der Waals surface area contributed by atoms with E-state index in [4.69, 9.17) is 27.9 Å². The average Bonchev–Trinajstić information content (AvgIpc) is 2.78. The van der Waals surface area contributed by atoms with Crippen molar-refractivity contribution in [3.63, 3.8) is 0 Å². The number of halogens is 2. The van der Waals surface area contributed by atoms with Crippen molar-refractivity contribution in [1.82, 2.24) is 9.88 Å². The lowest BCUT2D eigenvalue weighted by molar-refractivity contribution is -0.384. The third-order valence-electron chi connectivity index (χ3n) is 5.37. The summed E-state index contributed by atoms with van der Waals surface area (Å²) in [6.07, 6.45) is 0. The number of aromatic nitrogens is 1. The summed E-state index contributed by atoms with van der Waals surface area (Å²) in [6, 6.07) is 11.9. The highest BCUT2D eigenvalue weighted by atomic mass is 35.5. The predicted molar refractivity (Wildman–Crippen MR) is 124 cm³/mol. The van der Waals surface area contributed by atoms with Gasteiger partial charge in [0.05, 0.1) is 15.0 Å². The molecule has 0 atom stereocenters. The highest BCUT2D eigenvalue weighted by molar-refractivity contribution is 6.39. The Balaban J connectivity index is 1.43. The molecule has 0 unspecified atom stereocenters. The van der Waals surface area contributed by atoms with Crippen molar-refractivity contribution < 1.29 is 14.5 Å². The van der Waals surface area contributed by atoms with Crippen LogP contribution in [-0.2, 0) is 4.79 Å². The number of ether oxygens (including phenoxy) is 1. The summed E-state index contributed by atoms with van der Waals surface area (Å²) < 4.78 is 5.79. The van der Waals surface area contributed by atoms with Crippen LogP contribution in [0.25, 0.3) is 10.9 Å². The van der Waals surface area contributed by atoms with Gasteiger partial charge in [-0.2, -0.15) is 0 Å². The summed E-state index contributed by atoms with van der Waals surface area (Å²) in [5.74, 6) is 0.126. The molecule has 32 heavy (non-hydrogen) atoms. The molecule has 2 aromatic carbocycles. The van der Waals surface area contributed by atoms with E-state index in [1.807, 2.05) is 24.0 Å². The number of amides is 1. The molecule has 1 fully saturated rings. The first-order valence-corrected chi connectivity index (χ1v) is 10.7. The molecular formula is C22H20Cl2N4O4. The van der Waals surface area contributed by atoms with Crippen LogP contribution in [0.15, 0.2) is 42.5 Å². The fourth-order valence-electron chi connectivity index (χ4n) is 3.74. The molecule has 1 aliphatic rings. The number of carbonyl (C=O) groups is 1. The van der Waals surface area contributed by atoms with E-state index in [0.29, 0.717) is 53.5 Å². The summed E-state index contributed by atoms with van der Waals surface area (Å²) in [7, 11) is 0. The molecule has 166 valence electrons. The second-order valence-corrected chi connectivity index (χ2v) is 8.23.